The lowest BCUT2D eigenvalue weighted by Gasteiger charge is -2.24. The molecule has 0 bridgehead atoms. The fraction of sp³-hybridized carbons (Fsp3) is 0.350. The van der Waals surface area contributed by atoms with E-state index in [0.29, 0.717) is 30.9 Å². The minimum Gasteiger partial charge on any atom is -0.491 e. The summed E-state index contributed by atoms with van der Waals surface area (Å²) < 4.78 is 5.58. The smallest absolute Gasteiger partial charge is 0.159 e. The van der Waals surface area contributed by atoms with E-state index in [2.05, 4.69) is 0 Å². The topological polar surface area (TPSA) is 70.0 Å². The molecule has 134 valence electrons. The van der Waals surface area contributed by atoms with Gasteiger partial charge in [-0.3, -0.25) is 9.69 Å². The number of hydrogen-bond acceptors (Lipinski definition) is 5. The van der Waals surface area contributed by atoms with E-state index in [1.807, 2.05) is 35.2 Å². The zero-order valence-corrected chi connectivity index (χ0v) is 14.5. The van der Waals surface area contributed by atoms with Crippen molar-refractivity contribution in [2.45, 2.75) is 19.6 Å². The summed E-state index contributed by atoms with van der Waals surface area (Å²) in [7, 11) is 0. The van der Waals surface area contributed by atoms with Crippen LogP contribution in [0.1, 0.15) is 22.8 Å². The number of ether oxygens (including phenoxy) is 1. The molecule has 25 heavy (non-hydrogen) atoms. The third kappa shape index (κ3) is 6.66. The Balaban J connectivity index is 1.83. The van der Waals surface area contributed by atoms with Crippen molar-refractivity contribution in [2.24, 2.45) is 0 Å². The van der Waals surface area contributed by atoms with Gasteiger partial charge in [0.25, 0.3) is 0 Å². The molecule has 2 aromatic carbocycles. The Morgan fingerprint density at radius 1 is 1.12 bits per heavy atom. The molecule has 0 amide bonds. The molecule has 0 spiro atoms. The first-order chi connectivity index (χ1) is 12.1. The van der Waals surface area contributed by atoms with Crippen LogP contribution in [0.25, 0.3) is 0 Å². The zero-order valence-electron chi connectivity index (χ0n) is 14.5. The second kappa shape index (κ2) is 9.93. The highest BCUT2D eigenvalue weighted by molar-refractivity contribution is 5.94. The molecule has 0 saturated carbocycles. The highest BCUT2D eigenvalue weighted by Gasteiger charge is 2.13. The molecule has 0 fully saturated rings. The van der Waals surface area contributed by atoms with Crippen molar-refractivity contribution in [3.8, 4) is 5.75 Å². The molecule has 0 aliphatic rings. The van der Waals surface area contributed by atoms with Crippen molar-refractivity contribution in [3.05, 3.63) is 65.7 Å². The first kappa shape index (κ1) is 19.1. The van der Waals surface area contributed by atoms with Gasteiger partial charge in [0.1, 0.15) is 18.5 Å². The summed E-state index contributed by atoms with van der Waals surface area (Å²) in [5.74, 6) is 0.618. The lowest BCUT2D eigenvalue weighted by Crippen LogP contribution is -2.37. The number of Topliss-reactive ketones (excluding diaryl/α,β-unsaturated/α-hetero) is 1. The predicted molar refractivity (Wildman–Crippen MR) is 96.8 cm³/mol. The highest BCUT2D eigenvalue weighted by atomic mass is 16.5. The van der Waals surface area contributed by atoms with Gasteiger partial charge in [0.05, 0.1) is 6.61 Å². The highest BCUT2D eigenvalue weighted by Crippen LogP contribution is 2.13. The predicted octanol–water partition coefficient (Wildman–Crippen LogP) is 2.12. The maximum Gasteiger partial charge on any atom is 0.159 e. The summed E-state index contributed by atoms with van der Waals surface area (Å²) in [5, 5.41) is 19.5. The number of aliphatic hydroxyl groups excluding tert-OH is 2. The molecule has 0 aliphatic carbocycles. The number of hydrogen-bond donors (Lipinski definition) is 2. The summed E-state index contributed by atoms with van der Waals surface area (Å²) >= 11 is 0. The minimum atomic E-state index is -0.678. The van der Waals surface area contributed by atoms with Crippen molar-refractivity contribution in [3.63, 3.8) is 0 Å². The summed E-state index contributed by atoms with van der Waals surface area (Å²) in [6.45, 7) is 3.25. The lowest BCUT2D eigenvalue weighted by molar-refractivity contribution is 0.0590. The zero-order chi connectivity index (χ0) is 18.1. The molecular formula is C20H25NO4. The van der Waals surface area contributed by atoms with Gasteiger partial charge in [0.15, 0.2) is 5.78 Å². The molecule has 2 N–H and O–H groups in total. The average molecular weight is 343 g/mol. The molecule has 0 heterocycles. The maximum atomic E-state index is 11.2. The first-order valence-corrected chi connectivity index (χ1v) is 8.37. The SMILES string of the molecule is CC(=O)c1ccc(OC[C@H](O)CN(CCO)Cc2ccccc2)cc1. The van der Waals surface area contributed by atoms with Crippen LogP contribution in [0.3, 0.4) is 0 Å². The fourth-order valence-corrected chi connectivity index (χ4v) is 2.55. The van der Waals surface area contributed by atoms with E-state index in [0.717, 1.165) is 5.56 Å². The molecule has 0 aromatic heterocycles. The summed E-state index contributed by atoms with van der Waals surface area (Å²) in [4.78, 5) is 13.2. The van der Waals surface area contributed by atoms with E-state index >= 15 is 0 Å². The first-order valence-electron chi connectivity index (χ1n) is 8.37. The molecule has 2 aromatic rings. The Labute approximate surface area is 148 Å². The number of ketones is 1. The standard InChI is InChI=1S/C20H25NO4/c1-16(23)18-7-9-20(10-8-18)25-15-19(24)14-21(11-12-22)13-17-5-3-2-4-6-17/h2-10,19,22,24H,11-15H2,1H3/t19-/m1/s1. The van der Waals surface area contributed by atoms with Gasteiger partial charge < -0.3 is 14.9 Å². The number of rotatable bonds is 10. The van der Waals surface area contributed by atoms with Crippen LogP contribution in [0.5, 0.6) is 5.75 Å². The van der Waals surface area contributed by atoms with Crippen LogP contribution in [-0.2, 0) is 6.54 Å². The van der Waals surface area contributed by atoms with Crippen LogP contribution in [0.15, 0.2) is 54.6 Å². The number of carbonyl (C=O) groups is 1. The number of nitrogens with zero attached hydrogens (tertiary/aromatic N) is 1. The van der Waals surface area contributed by atoms with Gasteiger partial charge in [0, 0.05) is 25.2 Å². The molecule has 0 radical (unpaired) electrons. The summed E-state index contributed by atoms with van der Waals surface area (Å²) in [6, 6.07) is 16.8. The van der Waals surface area contributed by atoms with Gasteiger partial charge in [-0.2, -0.15) is 0 Å². The molecule has 0 unspecified atom stereocenters. The van der Waals surface area contributed by atoms with Crippen molar-refractivity contribution < 1.29 is 19.7 Å². The Bertz CT molecular complexity index is 643. The molecule has 5 nitrogen and oxygen atoms in total. The molecular weight excluding hydrogens is 318 g/mol. The van der Waals surface area contributed by atoms with Crippen LogP contribution in [0, 0.1) is 0 Å². The van der Waals surface area contributed by atoms with Gasteiger partial charge in [-0.1, -0.05) is 30.3 Å². The van der Waals surface area contributed by atoms with Gasteiger partial charge in [0.2, 0.25) is 0 Å². The van der Waals surface area contributed by atoms with Crippen LogP contribution in [0.4, 0.5) is 0 Å². The lowest BCUT2D eigenvalue weighted by atomic mass is 10.1. The molecule has 0 saturated heterocycles. The number of aliphatic hydroxyl groups is 2. The van der Waals surface area contributed by atoms with Gasteiger partial charge in [-0.15, -0.1) is 0 Å². The van der Waals surface area contributed by atoms with E-state index < -0.39 is 6.10 Å². The second-order valence-electron chi connectivity index (χ2n) is 5.99. The Morgan fingerprint density at radius 2 is 1.80 bits per heavy atom. The van der Waals surface area contributed by atoms with Crippen LogP contribution < -0.4 is 4.74 Å². The van der Waals surface area contributed by atoms with E-state index in [9.17, 15) is 15.0 Å². The van der Waals surface area contributed by atoms with Crippen molar-refractivity contribution in [1.29, 1.82) is 0 Å². The summed E-state index contributed by atoms with van der Waals surface area (Å²) in [6.07, 6.45) is -0.678. The molecule has 0 aliphatic heterocycles. The Hall–Kier alpha value is -2.21. The Morgan fingerprint density at radius 3 is 2.40 bits per heavy atom. The third-order valence-corrected chi connectivity index (χ3v) is 3.84. The monoisotopic (exact) mass is 343 g/mol. The second-order valence-corrected chi connectivity index (χ2v) is 5.99. The van der Waals surface area contributed by atoms with Crippen molar-refractivity contribution >= 4 is 5.78 Å². The van der Waals surface area contributed by atoms with Crippen molar-refractivity contribution in [2.75, 3.05) is 26.3 Å². The van der Waals surface area contributed by atoms with E-state index in [4.69, 9.17) is 4.74 Å². The third-order valence-electron chi connectivity index (χ3n) is 3.84. The van der Waals surface area contributed by atoms with Gasteiger partial charge >= 0.3 is 0 Å². The van der Waals surface area contributed by atoms with Crippen LogP contribution in [0.2, 0.25) is 0 Å². The minimum absolute atomic E-state index is 0.00661. The largest absolute Gasteiger partial charge is 0.491 e. The maximum absolute atomic E-state index is 11.2. The summed E-state index contributed by atoms with van der Waals surface area (Å²) in [5.41, 5.74) is 1.76. The van der Waals surface area contributed by atoms with Crippen molar-refractivity contribution in [1.82, 2.24) is 4.90 Å². The van der Waals surface area contributed by atoms with E-state index in [1.54, 1.807) is 24.3 Å². The Kier molecular flexibility index (Phi) is 7.60. The van der Waals surface area contributed by atoms with Gasteiger partial charge in [-0.05, 0) is 36.8 Å². The van der Waals surface area contributed by atoms with Crippen LogP contribution >= 0.6 is 0 Å². The van der Waals surface area contributed by atoms with Gasteiger partial charge in [-0.25, -0.2) is 0 Å². The van der Waals surface area contributed by atoms with E-state index in [1.165, 1.54) is 6.92 Å². The number of carbonyl (C=O) groups excluding carboxylic acids is 1. The van der Waals surface area contributed by atoms with Crippen LogP contribution in [-0.4, -0.2) is 53.3 Å². The van der Waals surface area contributed by atoms with E-state index in [-0.39, 0.29) is 19.0 Å². The molecule has 5 heteroatoms. The molecule has 1 atom stereocenters. The fourth-order valence-electron chi connectivity index (χ4n) is 2.55. The average Bonchev–Trinajstić information content (AvgIpc) is 2.61. The molecule has 2 rings (SSSR count). The normalized spacial score (nSPS) is 12.2. The quantitative estimate of drug-likeness (QED) is 0.647. The number of benzene rings is 2.